The van der Waals surface area contributed by atoms with Crippen molar-refractivity contribution in [3.63, 3.8) is 0 Å². The Balaban J connectivity index is 1.89. The molecule has 1 aliphatic carbocycles. The van der Waals surface area contributed by atoms with Gasteiger partial charge in [-0.3, -0.25) is 14.9 Å². The largest absolute Gasteiger partial charge is 0.353 e. The molecule has 1 amide bonds. The van der Waals surface area contributed by atoms with Crippen LogP contribution in [0.2, 0.25) is 0 Å². The number of nitro groups is 1. The first-order valence-electron chi connectivity index (χ1n) is 9.68. The zero-order chi connectivity index (χ0) is 17.9. The molecule has 1 aliphatic rings. The molecule has 2 rings (SSSR count). The van der Waals surface area contributed by atoms with E-state index in [1.165, 1.54) is 51.0 Å². The number of carbonyl (C=O) groups excluding carboxylic acids is 1. The second-order valence-corrected chi connectivity index (χ2v) is 7.09. The Labute approximate surface area is 150 Å². The van der Waals surface area contributed by atoms with Crippen LogP contribution in [-0.4, -0.2) is 16.9 Å². The second-order valence-electron chi connectivity index (χ2n) is 7.09. The van der Waals surface area contributed by atoms with Crippen LogP contribution in [0.4, 0.5) is 5.69 Å². The fraction of sp³-hybridized carbons (Fsp3) is 0.650. The number of nitrogens with one attached hydrogen (secondary N) is 1. The van der Waals surface area contributed by atoms with Gasteiger partial charge in [-0.2, -0.15) is 0 Å². The molecule has 1 saturated carbocycles. The highest BCUT2D eigenvalue weighted by Gasteiger charge is 2.18. The van der Waals surface area contributed by atoms with Crippen molar-refractivity contribution in [1.29, 1.82) is 0 Å². The van der Waals surface area contributed by atoms with Crippen LogP contribution in [0.25, 0.3) is 0 Å². The number of nitrogens with zero attached hydrogens (tertiary/aromatic N) is 1. The summed E-state index contributed by atoms with van der Waals surface area (Å²) in [5.74, 6) is -0.105. The average molecular weight is 346 g/mol. The van der Waals surface area contributed by atoms with E-state index in [1.807, 2.05) is 0 Å². The van der Waals surface area contributed by atoms with Gasteiger partial charge in [0.25, 0.3) is 5.69 Å². The minimum absolute atomic E-state index is 0.0244. The fourth-order valence-corrected chi connectivity index (χ4v) is 3.60. The van der Waals surface area contributed by atoms with Gasteiger partial charge in [0.2, 0.25) is 5.91 Å². The molecule has 1 aromatic carbocycles. The van der Waals surface area contributed by atoms with Gasteiger partial charge >= 0.3 is 0 Å². The van der Waals surface area contributed by atoms with E-state index in [0.717, 1.165) is 25.7 Å². The standard InChI is InChI=1S/C20H30N2O3/c23-20(16-17-12-10-11-15-19(17)22(24)25)21-18-13-8-6-4-2-1-3-5-7-9-14-18/h10-12,15,18H,1-9,13-14,16H2,(H,21,23). The van der Waals surface area contributed by atoms with Crippen LogP contribution in [0.3, 0.4) is 0 Å². The Morgan fingerprint density at radius 2 is 1.48 bits per heavy atom. The third-order valence-electron chi connectivity index (χ3n) is 5.01. The zero-order valence-corrected chi connectivity index (χ0v) is 15.0. The Bertz CT molecular complexity index is 548. The van der Waals surface area contributed by atoms with Crippen molar-refractivity contribution in [2.24, 2.45) is 0 Å². The van der Waals surface area contributed by atoms with Gasteiger partial charge in [0.05, 0.1) is 11.3 Å². The van der Waals surface area contributed by atoms with Crippen molar-refractivity contribution in [3.8, 4) is 0 Å². The van der Waals surface area contributed by atoms with Crippen molar-refractivity contribution in [2.75, 3.05) is 0 Å². The molecule has 25 heavy (non-hydrogen) atoms. The molecular weight excluding hydrogens is 316 g/mol. The molecule has 0 aromatic heterocycles. The van der Waals surface area contributed by atoms with E-state index in [4.69, 9.17) is 0 Å². The summed E-state index contributed by atoms with van der Waals surface area (Å²) in [4.78, 5) is 23.1. The lowest BCUT2D eigenvalue weighted by atomic mass is 9.97. The Morgan fingerprint density at radius 1 is 0.960 bits per heavy atom. The Kier molecular flexibility index (Phi) is 8.43. The van der Waals surface area contributed by atoms with Crippen molar-refractivity contribution in [3.05, 3.63) is 39.9 Å². The summed E-state index contributed by atoms with van der Waals surface area (Å²) >= 11 is 0. The van der Waals surface area contributed by atoms with Crippen LogP contribution >= 0.6 is 0 Å². The van der Waals surface area contributed by atoms with Gasteiger partial charge in [-0.25, -0.2) is 0 Å². The molecule has 0 aliphatic heterocycles. The number of rotatable bonds is 4. The maximum Gasteiger partial charge on any atom is 0.273 e. The normalized spacial score (nSPS) is 17.9. The first-order chi connectivity index (χ1) is 12.2. The maximum atomic E-state index is 12.4. The predicted octanol–water partition coefficient (Wildman–Crippen LogP) is 4.93. The number of hydrogen-bond acceptors (Lipinski definition) is 3. The number of nitro benzene ring substituents is 1. The van der Waals surface area contributed by atoms with Crippen molar-refractivity contribution in [2.45, 2.75) is 83.1 Å². The second kappa shape index (κ2) is 10.9. The number of carbonyl (C=O) groups is 1. The van der Waals surface area contributed by atoms with Crippen molar-refractivity contribution in [1.82, 2.24) is 5.32 Å². The molecule has 1 aromatic rings. The molecule has 0 saturated heterocycles. The lowest BCUT2D eigenvalue weighted by Crippen LogP contribution is -2.36. The van der Waals surface area contributed by atoms with Gasteiger partial charge < -0.3 is 5.32 Å². The number of amides is 1. The summed E-state index contributed by atoms with van der Waals surface area (Å²) in [6, 6.07) is 6.70. The summed E-state index contributed by atoms with van der Waals surface area (Å²) in [6.45, 7) is 0. The minimum atomic E-state index is -0.418. The molecule has 1 N–H and O–H groups in total. The molecule has 0 atom stereocenters. The van der Waals surface area contributed by atoms with Crippen LogP contribution < -0.4 is 5.32 Å². The summed E-state index contributed by atoms with van der Waals surface area (Å²) < 4.78 is 0. The predicted molar refractivity (Wildman–Crippen MR) is 99.5 cm³/mol. The first kappa shape index (κ1) is 19.4. The van der Waals surface area contributed by atoms with E-state index in [0.29, 0.717) is 5.56 Å². The molecule has 0 bridgehead atoms. The molecule has 138 valence electrons. The van der Waals surface area contributed by atoms with E-state index in [-0.39, 0.29) is 24.1 Å². The highest BCUT2D eigenvalue weighted by molar-refractivity contribution is 5.80. The number of hydrogen-bond donors (Lipinski definition) is 1. The minimum Gasteiger partial charge on any atom is -0.353 e. The van der Waals surface area contributed by atoms with Crippen molar-refractivity contribution >= 4 is 11.6 Å². The third-order valence-corrected chi connectivity index (χ3v) is 5.01. The lowest BCUT2D eigenvalue weighted by molar-refractivity contribution is -0.385. The van der Waals surface area contributed by atoms with Crippen molar-refractivity contribution < 1.29 is 9.72 Å². The quantitative estimate of drug-likeness (QED) is 0.621. The first-order valence-corrected chi connectivity index (χ1v) is 9.68. The van der Waals surface area contributed by atoms with E-state index in [2.05, 4.69) is 5.32 Å². The third kappa shape index (κ3) is 7.24. The van der Waals surface area contributed by atoms with Crippen LogP contribution in [0, 0.1) is 10.1 Å². The van der Waals surface area contributed by atoms with E-state index >= 15 is 0 Å². The molecule has 0 unspecified atom stereocenters. The number of benzene rings is 1. The highest BCUT2D eigenvalue weighted by Crippen LogP contribution is 2.19. The molecule has 5 heteroatoms. The topological polar surface area (TPSA) is 72.2 Å². The van der Waals surface area contributed by atoms with Crippen LogP contribution in [0.15, 0.2) is 24.3 Å². The molecule has 0 spiro atoms. The van der Waals surface area contributed by atoms with Gasteiger partial charge in [0.15, 0.2) is 0 Å². The van der Waals surface area contributed by atoms with Gasteiger partial charge in [0, 0.05) is 17.7 Å². The molecule has 0 radical (unpaired) electrons. The smallest absolute Gasteiger partial charge is 0.273 e. The van der Waals surface area contributed by atoms with Crippen LogP contribution in [-0.2, 0) is 11.2 Å². The lowest BCUT2D eigenvalue weighted by Gasteiger charge is -2.19. The van der Waals surface area contributed by atoms with E-state index < -0.39 is 4.92 Å². The fourth-order valence-electron chi connectivity index (χ4n) is 3.60. The SMILES string of the molecule is O=C(Cc1ccccc1[N+](=O)[O-])NC1CCCCCCCCCCC1. The maximum absolute atomic E-state index is 12.4. The molecule has 0 heterocycles. The Morgan fingerprint density at radius 3 is 2.04 bits per heavy atom. The Hall–Kier alpha value is -1.91. The molecule has 1 fully saturated rings. The van der Waals surface area contributed by atoms with E-state index in [1.54, 1.807) is 18.2 Å². The monoisotopic (exact) mass is 346 g/mol. The van der Waals surface area contributed by atoms with Crippen LogP contribution in [0.5, 0.6) is 0 Å². The van der Waals surface area contributed by atoms with Crippen LogP contribution in [0.1, 0.15) is 76.2 Å². The van der Waals surface area contributed by atoms with E-state index in [9.17, 15) is 14.9 Å². The molecular formula is C20H30N2O3. The number of para-hydroxylation sites is 1. The van der Waals surface area contributed by atoms with Gasteiger partial charge in [0.1, 0.15) is 0 Å². The van der Waals surface area contributed by atoms with Gasteiger partial charge in [-0.05, 0) is 12.8 Å². The summed E-state index contributed by atoms with van der Waals surface area (Å²) in [6.07, 6.45) is 13.5. The molecule has 5 nitrogen and oxygen atoms in total. The zero-order valence-electron chi connectivity index (χ0n) is 15.0. The highest BCUT2D eigenvalue weighted by atomic mass is 16.6. The average Bonchev–Trinajstić information content (AvgIpc) is 2.57. The van der Waals surface area contributed by atoms with Gasteiger partial charge in [-0.1, -0.05) is 76.0 Å². The summed E-state index contributed by atoms with van der Waals surface area (Å²) in [7, 11) is 0. The van der Waals surface area contributed by atoms with Gasteiger partial charge in [-0.15, -0.1) is 0 Å². The summed E-state index contributed by atoms with van der Waals surface area (Å²) in [5.41, 5.74) is 0.509. The summed E-state index contributed by atoms with van der Waals surface area (Å²) in [5, 5.41) is 14.2.